The van der Waals surface area contributed by atoms with E-state index >= 15 is 0 Å². The molecular weight excluding hydrogens is 212 g/mol. The van der Waals surface area contributed by atoms with E-state index in [0.717, 1.165) is 25.6 Å². The molecule has 1 heterocycles. The average molecular weight is 240 g/mol. The second-order valence-corrected chi connectivity index (χ2v) is 6.04. The molecule has 0 amide bonds. The Hall–Kier alpha value is -0.0800. The van der Waals surface area contributed by atoms with Crippen molar-refractivity contribution in [3.05, 3.63) is 0 Å². The highest BCUT2D eigenvalue weighted by molar-refractivity contribution is 4.83. The molecule has 2 rings (SSSR count). The number of aliphatic hydroxyl groups is 1. The minimum atomic E-state index is -0.0929. The molecule has 1 saturated carbocycles. The van der Waals surface area contributed by atoms with Gasteiger partial charge in [0.2, 0.25) is 0 Å². The van der Waals surface area contributed by atoms with Crippen LogP contribution in [0, 0.1) is 17.8 Å². The summed E-state index contributed by atoms with van der Waals surface area (Å²) in [6, 6.07) is 0. The van der Waals surface area contributed by atoms with Crippen LogP contribution in [0.15, 0.2) is 0 Å². The zero-order valence-corrected chi connectivity index (χ0v) is 11.2. The fourth-order valence-corrected chi connectivity index (χ4v) is 3.52. The lowest BCUT2D eigenvalue weighted by Gasteiger charge is -2.33. The molecule has 1 aliphatic carbocycles. The lowest BCUT2D eigenvalue weighted by Crippen LogP contribution is -2.32. The number of ether oxygens (including phenoxy) is 1. The molecule has 0 radical (unpaired) electrons. The zero-order valence-electron chi connectivity index (χ0n) is 11.2. The maximum atomic E-state index is 10.4. The molecule has 17 heavy (non-hydrogen) atoms. The second kappa shape index (κ2) is 6.75. The second-order valence-electron chi connectivity index (χ2n) is 6.04. The van der Waals surface area contributed by atoms with Gasteiger partial charge in [0, 0.05) is 12.5 Å². The van der Waals surface area contributed by atoms with Crippen molar-refractivity contribution in [3.63, 3.8) is 0 Å². The van der Waals surface area contributed by atoms with Gasteiger partial charge in [-0.15, -0.1) is 0 Å². The molecule has 2 atom stereocenters. The van der Waals surface area contributed by atoms with Gasteiger partial charge in [-0.2, -0.15) is 0 Å². The molecule has 100 valence electrons. The van der Waals surface area contributed by atoms with E-state index in [2.05, 4.69) is 6.92 Å². The van der Waals surface area contributed by atoms with Gasteiger partial charge in [0.1, 0.15) is 0 Å². The van der Waals surface area contributed by atoms with E-state index in [9.17, 15) is 5.11 Å². The normalized spacial score (nSPS) is 36.0. The van der Waals surface area contributed by atoms with Gasteiger partial charge in [0.15, 0.2) is 0 Å². The van der Waals surface area contributed by atoms with E-state index in [-0.39, 0.29) is 6.10 Å². The molecule has 1 aliphatic heterocycles. The van der Waals surface area contributed by atoms with Crippen LogP contribution >= 0.6 is 0 Å². The minimum Gasteiger partial charge on any atom is -0.392 e. The molecule has 0 aromatic rings. The highest BCUT2D eigenvalue weighted by Gasteiger charge is 2.32. The van der Waals surface area contributed by atoms with Gasteiger partial charge < -0.3 is 9.84 Å². The van der Waals surface area contributed by atoms with Gasteiger partial charge >= 0.3 is 0 Å². The predicted octanol–water partition coefficient (Wildman–Crippen LogP) is 3.38. The fourth-order valence-electron chi connectivity index (χ4n) is 3.52. The third-order valence-corrected chi connectivity index (χ3v) is 4.79. The first-order valence-electron chi connectivity index (χ1n) is 7.57. The van der Waals surface area contributed by atoms with Crippen molar-refractivity contribution in [2.45, 2.75) is 64.4 Å². The van der Waals surface area contributed by atoms with Crippen molar-refractivity contribution >= 4 is 0 Å². The Bertz CT molecular complexity index is 203. The molecule has 1 N–H and O–H groups in total. The van der Waals surface area contributed by atoms with Crippen molar-refractivity contribution in [2.75, 3.05) is 13.2 Å². The largest absolute Gasteiger partial charge is 0.392 e. The molecule has 0 spiro atoms. The van der Waals surface area contributed by atoms with Crippen molar-refractivity contribution < 1.29 is 9.84 Å². The SMILES string of the molecule is CCCCC1CCC(C(O)C2CCOC2)CC1. The van der Waals surface area contributed by atoms with Crippen LogP contribution in [0.3, 0.4) is 0 Å². The summed E-state index contributed by atoms with van der Waals surface area (Å²) in [5.74, 6) is 1.92. The van der Waals surface area contributed by atoms with E-state index in [1.807, 2.05) is 0 Å². The highest BCUT2D eigenvalue weighted by Crippen LogP contribution is 2.36. The topological polar surface area (TPSA) is 29.5 Å². The van der Waals surface area contributed by atoms with Crippen LogP contribution in [-0.4, -0.2) is 24.4 Å². The van der Waals surface area contributed by atoms with Gasteiger partial charge in [-0.3, -0.25) is 0 Å². The smallest absolute Gasteiger partial charge is 0.0619 e. The van der Waals surface area contributed by atoms with Gasteiger partial charge in [-0.1, -0.05) is 39.0 Å². The number of hydrogen-bond acceptors (Lipinski definition) is 2. The summed E-state index contributed by atoms with van der Waals surface area (Å²) in [7, 11) is 0. The Kier molecular flexibility index (Phi) is 5.30. The lowest BCUT2D eigenvalue weighted by molar-refractivity contribution is 0.0206. The summed E-state index contributed by atoms with van der Waals surface area (Å²) >= 11 is 0. The van der Waals surface area contributed by atoms with Crippen molar-refractivity contribution in [1.82, 2.24) is 0 Å². The number of hydrogen-bond donors (Lipinski definition) is 1. The molecule has 0 bridgehead atoms. The standard InChI is InChI=1S/C15H28O2/c1-2-3-4-12-5-7-13(8-6-12)15(16)14-9-10-17-11-14/h12-16H,2-11H2,1H3. The van der Waals surface area contributed by atoms with E-state index in [0.29, 0.717) is 11.8 Å². The monoisotopic (exact) mass is 240 g/mol. The number of rotatable bonds is 5. The van der Waals surface area contributed by atoms with Crippen LogP contribution in [0.1, 0.15) is 58.3 Å². The highest BCUT2D eigenvalue weighted by atomic mass is 16.5. The first-order valence-corrected chi connectivity index (χ1v) is 7.57. The van der Waals surface area contributed by atoms with Crippen LogP contribution in [0.25, 0.3) is 0 Å². The van der Waals surface area contributed by atoms with Crippen molar-refractivity contribution in [1.29, 1.82) is 0 Å². The van der Waals surface area contributed by atoms with Gasteiger partial charge in [0.25, 0.3) is 0 Å². The van der Waals surface area contributed by atoms with E-state index in [1.165, 1.54) is 44.9 Å². The first kappa shape index (κ1) is 13.4. The predicted molar refractivity (Wildman–Crippen MR) is 69.9 cm³/mol. The van der Waals surface area contributed by atoms with Crippen LogP contribution in [0.4, 0.5) is 0 Å². The Morgan fingerprint density at radius 1 is 1.12 bits per heavy atom. The van der Waals surface area contributed by atoms with Crippen LogP contribution in [0.5, 0.6) is 0 Å². The molecular formula is C15H28O2. The summed E-state index contributed by atoms with van der Waals surface area (Å²) in [5.41, 5.74) is 0. The Labute approximate surface area is 106 Å². The summed E-state index contributed by atoms with van der Waals surface area (Å²) in [4.78, 5) is 0. The summed E-state index contributed by atoms with van der Waals surface area (Å²) in [5, 5.41) is 10.4. The molecule has 2 nitrogen and oxygen atoms in total. The first-order chi connectivity index (χ1) is 8.31. The maximum absolute atomic E-state index is 10.4. The van der Waals surface area contributed by atoms with Crippen molar-refractivity contribution in [2.24, 2.45) is 17.8 Å². The fraction of sp³-hybridized carbons (Fsp3) is 1.00. The van der Waals surface area contributed by atoms with E-state index in [1.54, 1.807) is 0 Å². The Balaban J connectivity index is 1.70. The van der Waals surface area contributed by atoms with E-state index < -0.39 is 0 Å². The summed E-state index contributed by atoms with van der Waals surface area (Å²) < 4.78 is 5.38. The third kappa shape index (κ3) is 3.69. The molecule has 1 saturated heterocycles. The summed E-state index contributed by atoms with van der Waals surface area (Å²) in [6.07, 6.45) is 10.3. The summed E-state index contributed by atoms with van der Waals surface area (Å²) in [6.45, 7) is 3.92. The minimum absolute atomic E-state index is 0.0929. The third-order valence-electron chi connectivity index (χ3n) is 4.79. The van der Waals surface area contributed by atoms with E-state index in [4.69, 9.17) is 4.74 Å². The zero-order chi connectivity index (χ0) is 12.1. The van der Waals surface area contributed by atoms with Crippen molar-refractivity contribution in [3.8, 4) is 0 Å². The molecule has 2 unspecified atom stereocenters. The van der Waals surface area contributed by atoms with Gasteiger partial charge in [-0.05, 0) is 31.1 Å². The molecule has 2 aliphatic rings. The maximum Gasteiger partial charge on any atom is 0.0619 e. The molecule has 2 fully saturated rings. The van der Waals surface area contributed by atoms with Crippen LogP contribution in [0.2, 0.25) is 0 Å². The molecule has 0 aromatic carbocycles. The Morgan fingerprint density at radius 2 is 1.88 bits per heavy atom. The average Bonchev–Trinajstić information content (AvgIpc) is 2.90. The number of unbranched alkanes of at least 4 members (excludes halogenated alkanes) is 1. The number of aliphatic hydroxyl groups excluding tert-OH is 1. The molecule has 0 aromatic heterocycles. The Morgan fingerprint density at radius 3 is 2.47 bits per heavy atom. The molecule has 2 heteroatoms. The lowest BCUT2D eigenvalue weighted by atomic mass is 9.75. The quantitative estimate of drug-likeness (QED) is 0.798. The van der Waals surface area contributed by atoms with Gasteiger partial charge in [0.05, 0.1) is 12.7 Å². The van der Waals surface area contributed by atoms with Crippen LogP contribution in [-0.2, 0) is 4.74 Å². The van der Waals surface area contributed by atoms with Crippen LogP contribution < -0.4 is 0 Å². The van der Waals surface area contributed by atoms with Gasteiger partial charge in [-0.25, -0.2) is 0 Å².